The maximum atomic E-state index is 3.94. The quantitative estimate of drug-likeness (QED) is 0.590. The third-order valence-corrected chi connectivity index (χ3v) is 2.17. The molecule has 4 heteroatoms. The Labute approximate surface area is 65.9 Å². The molecule has 1 aromatic rings. The Morgan fingerprint density at radius 3 is 3.09 bits per heavy atom. The van der Waals surface area contributed by atoms with Gasteiger partial charge in [-0.15, -0.1) is 5.10 Å². The van der Waals surface area contributed by atoms with Crippen LogP contribution in [0.1, 0.15) is 5.43 Å². The second-order valence-corrected chi connectivity index (χ2v) is 3.41. The molecule has 0 saturated heterocycles. The molecule has 0 aromatic carbocycles. The summed E-state index contributed by atoms with van der Waals surface area (Å²) in [6, 6.07) is 0. The van der Waals surface area contributed by atoms with Crippen LogP contribution in [0.4, 0.5) is 0 Å². The highest BCUT2D eigenvalue weighted by atomic mass is 31.0. The van der Waals surface area contributed by atoms with Crippen LogP contribution in [0.25, 0.3) is 5.70 Å². The molecule has 0 bridgehead atoms. The van der Waals surface area contributed by atoms with Crippen LogP contribution < -0.4 is 0 Å². The predicted octanol–water partition coefficient (Wildman–Crippen LogP) is 1.73. The molecule has 54 valence electrons. The van der Waals surface area contributed by atoms with Gasteiger partial charge in [0.1, 0.15) is 11.1 Å². The Bertz CT molecular complexity index is 369. The van der Waals surface area contributed by atoms with E-state index in [1.54, 1.807) is 4.44 Å². The average molecular weight is 163 g/mol. The van der Waals surface area contributed by atoms with Gasteiger partial charge in [-0.25, -0.2) is 0 Å². The molecule has 0 amide bonds. The van der Waals surface area contributed by atoms with E-state index in [9.17, 15) is 0 Å². The Balaban J connectivity index is 2.45. The first kappa shape index (κ1) is 6.53. The van der Waals surface area contributed by atoms with E-state index in [0.29, 0.717) is 0 Å². The molecule has 3 nitrogen and oxygen atoms in total. The molecule has 0 radical (unpaired) electrons. The van der Waals surface area contributed by atoms with Gasteiger partial charge in [0, 0.05) is 0 Å². The average Bonchev–Trinajstić information content (AvgIpc) is 2.55. The Kier molecular flexibility index (Phi) is 1.46. The van der Waals surface area contributed by atoms with Crippen molar-refractivity contribution >= 4 is 14.0 Å². The van der Waals surface area contributed by atoms with Crippen LogP contribution in [-0.4, -0.2) is 14.8 Å². The minimum absolute atomic E-state index is 0.979. The highest BCUT2D eigenvalue weighted by molar-refractivity contribution is 7.27. The van der Waals surface area contributed by atoms with E-state index >= 15 is 0 Å². The summed E-state index contributed by atoms with van der Waals surface area (Å²) >= 11 is 0. The molecule has 0 fully saturated rings. The molecule has 2 rings (SSSR count). The zero-order valence-corrected chi connectivity index (χ0v) is 6.92. The van der Waals surface area contributed by atoms with Crippen molar-refractivity contribution in [1.29, 1.82) is 0 Å². The highest BCUT2D eigenvalue weighted by Crippen LogP contribution is 2.16. The smallest absolute Gasteiger partial charge is 0.113 e. The van der Waals surface area contributed by atoms with Gasteiger partial charge in [0.25, 0.3) is 0 Å². The summed E-state index contributed by atoms with van der Waals surface area (Å²) in [5.74, 6) is 0. The van der Waals surface area contributed by atoms with Gasteiger partial charge in [-0.1, -0.05) is 17.0 Å². The topological polar surface area (TPSA) is 30.7 Å². The largest absolute Gasteiger partial charge is 0.187 e. The van der Waals surface area contributed by atoms with E-state index in [1.165, 1.54) is 0 Å². The monoisotopic (exact) mass is 163 g/mol. The van der Waals surface area contributed by atoms with Gasteiger partial charge in [-0.05, 0) is 19.1 Å². The molecule has 1 aromatic heterocycles. The number of rotatable bonds is 1. The van der Waals surface area contributed by atoms with Gasteiger partial charge < -0.3 is 0 Å². The molecule has 0 saturated carbocycles. The van der Waals surface area contributed by atoms with Crippen LogP contribution in [0.5, 0.6) is 0 Å². The molecule has 0 aliphatic heterocycles. The summed E-state index contributed by atoms with van der Waals surface area (Å²) in [6.45, 7) is 1.95. The number of hydrogen-bond donors (Lipinski definition) is 0. The fourth-order valence-corrected chi connectivity index (χ4v) is 1.50. The van der Waals surface area contributed by atoms with Crippen LogP contribution in [0.2, 0.25) is 0 Å². The first-order valence-corrected chi connectivity index (χ1v) is 4.11. The van der Waals surface area contributed by atoms with E-state index in [4.69, 9.17) is 0 Å². The van der Waals surface area contributed by atoms with Gasteiger partial charge in [0.2, 0.25) is 0 Å². The zero-order chi connectivity index (χ0) is 7.68. The van der Waals surface area contributed by atoms with Crippen molar-refractivity contribution in [2.24, 2.45) is 0 Å². The normalized spacial score (nSPS) is 14.8. The van der Waals surface area contributed by atoms with Crippen molar-refractivity contribution < 1.29 is 0 Å². The summed E-state index contributed by atoms with van der Waals surface area (Å²) in [7, 11) is 1.03. The maximum absolute atomic E-state index is 3.94. The highest BCUT2D eigenvalue weighted by Gasteiger charge is 2.00. The second kappa shape index (κ2) is 2.46. The first-order valence-electron chi connectivity index (χ1n) is 3.26. The minimum Gasteiger partial charge on any atom is -0.187 e. The summed E-state index contributed by atoms with van der Waals surface area (Å²) < 4.78 is 1.80. The maximum Gasteiger partial charge on any atom is 0.113 e. The van der Waals surface area contributed by atoms with E-state index < -0.39 is 0 Å². The third kappa shape index (κ3) is 1.16. The van der Waals surface area contributed by atoms with E-state index in [-0.39, 0.29) is 0 Å². The number of allylic oxidation sites excluding steroid dienone is 3. The first-order chi connectivity index (χ1) is 5.36. The molecule has 0 N–H and O–H groups in total. The fourth-order valence-electron chi connectivity index (χ4n) is 0.831. The molecule has 0 unspecified atom stereocenters. The van der Waals surface area contributed by atoms with Crippen molar-refractivity contribution in [2.75, 3.05) is 0 Å². The molecular weight excluding hydrogens is 157 g/mol. The third-order valence-electron chi connectivity index (χ3n) is 1.31. The van der Waals surface area contributed by atoms with Crippen LogP contribution in [0, 0.1) is 6.92 Å². The molecule has 0 spiro atoms. The number of aryl methyl sites for hydroxylation is 1. The molecule has 1 aliphatic carbocycles. The second-order valence-electron chi connectivity index (χ2n) is 2.18. The van der Waals surface area contributed by atoms with Gasteiger partial charge in [-0.3, -0.25) is 0 Å². The lowest BCUT2D eigenvalue weighted by atomic mass is 10.5. The van der Waals surface area contributed by atoms with Crippen molar-refractivity contribution in [3.8, 4) is 0 Å². The van der Waals surface area contributed by atoms with E-state index in [2.05, 4.69) is 16.0 Å². The van der Waals surface area contributed by atoms with Crippen LogP contribution in [0.3, 0.4) is 0 Å². The van der Waals surface area contributed by atoms with Gasteiger partial charge in [0.15, 0.2) is 0 Å². The van der Waals surface area contributed by atoms with Crippen molar-refractivity contribution in [1.82, 2.24) is 14.8 Å². The molecule has 11 heavy (non-hydrogen) atoms. The van der Waals surface area contributed by atoms with Crippen molar-refractivity contribution in [2.45, 2.75) is 6.92 Å². The number of hydrogen-bond acceptors (Lipinski definition) is 2. The van der Waals surface area contributed by atoms with Gasteiger partial charge in [-0.2, -0.15) is 4.44 Å². The fraction of sp³-hybridized carbons (Fsp3) is 0.143. The van der Waals surface area contributed by atoms with Crippen molar-refractivity contribution in [3.63, 3.8) is 0 Å². The van der Waals surface area contributed by atoms with E-state index in [1.807, 2.05) is 25.2 Å². The molecule has 1 heterocycles. The Hall–Kier alpha value is -1.17. The Morgan fingerprint density at radius 1 is 1.64 bits per heavy atom. The van der Waals surface area contributed by atoms with Gasteiger partial charge >= 0.3 is 0 Å². The lowest BCUT2D eigenvalue weighted by molar-refractivity contribution is 0.852. The van der Waals surface area contributed by atoms with Crippen LogP contribution >= 0.6 is 8.35 Å². The number of nitrogens with zero attached hydrogens (tertiary/aromatic N) is 3. The molecule has 0 atom stereocenters. The van der Waals surface area contributed by atoms with E-state index in [0.717, 1.165) is 19.5 Å². The molecular formula is C7H6N3P. The summed E-state index contributed by atoms with van der Waals surface area (Å²) in [5.41, 5.74) is 5.04. The molecule has 1 aliphatic rings. The SMILES string of the molecule is Cc1nnn(C2=C=CC=C2)p1. The van der Waals surface area contributed by atoms with Crippen molar-refractivity contribution in [3.05, 3.63) is 29.4 Å². The lowest BCUT2D eigenvalue weighted by Gasteiger charge is -1.90. The lowest BCUT2D eigenvalue weighted by Crippen LogP contribution is -1.89. The summed E-state index contributed by atoms with van der Waals surface area (Å²) in [6.07, 6.45) is 5.77. The number of aromatic nitrogens is 3. The Morgan fingerprint density at radius 2 is 2.55 bits per heavy atom. The zero-order valence-electron chi connectivity index (χ0n) is 6.02. The van der Waals surface area contributed by atoms with Gasteiger partial charge in [0.05, 0.1) is 8.35 Å². The predicted molar refractivity (Wildman–Crippen MR) is 44.2 cm³/mol. The van der Waals surface area contributed by atoms with Crippen LogP contribution in [0.15, 0.2) is 24.0 Å². The summed E-state index contributed by atoms with van der Waals surface area (Å²) in [5, 5.41) is 7.85. The summed E-state index contributed by atoms with van der Waals surface area (Å²) in [4.78, 5) is 0. The standard InChI is InChI=1S/C7H6N3P/c1-6-8-9-10(11-6)7-4-2-3-5-7/h2-4H,1H3. The minimum atomic E-state index is 0.979. The van der Waals surface area contributed by atoms with Crippen LogP contribution in [-0.2, 0) is 0 Å².